The van der Waals surface area contributed by atoms with Gasteiger partial charge in [0, 0.05) is 16.9 Å². The average molecular weight is 533 g/mol. The van der Waals surface area contributed by atoms with E-state index in [1.54, 1.807) is 18.2 Å². The highest BCUT2D eigenvalue weighted by atomic mass is 35.5. The van der Waals surface area contributed by atoms with Crippen molar-refractivity contribution in [1.82, 2.24) is 0 Å². The molecule has 1 aliphatic rings. The number of carboxylic acid groups (broad SMARTS) is 1. The number of rotatable bonds is 8. The number of benzene rings is 1. The van der Waals surface area contributed by atoms with Gasteiger partial charge in [-0.3, -0.25) is 4.79 Å². The number of allylic oxidation sites excluding steroid dienone is 4. The molecule has 1 aliphatic carbocycles. The van der Waals surface area contributed by atoms with Crippen LogP contribution in [0.2, 0.25) is 10.0 Å². The van der Waals surface area contributed by atoms with Crippen LogP contribution in [0.15, 0.2) is 42.0 Å². The fourth-order valence-electron chi connectivity index (χ4n) is 3.27. The first-order valence-corrected chi connectivity index (χ1v) is 11.9. The first-order valence-electron chi connectivity index (χ1n) is 10.3. The molecule has 0 spiro atoms. The van der Waals surface area contributed by atoms with Crippen molar-refractivity contribution in [2.75, 3.05) is 0 Å². The number of hydrogen-bond donors (Lipinski definition) is 1. The Kier molecular flexibility index (Phi) is 7.85. The van der Waals surface area contributed by atoms with Crippen LogP contribution in [-0.4, -0.2) is 28.6 Å². The molecule has 10 heteroatoms. The summed E-state index contributed by atoms with van der Waals surface area (Å²) in [6.07, 6.45) is -1.14. The van der Waals surface area contributed by atoms with Crippen molar-refractivity contribution < 1.29 is 32.6 Å². The predicted octanol–water partition coefficient (Wildman–Crippen LogP) is 7.78. The van der Waals surface area contributed by atoms with Crippen LogP contribution in [0.3, 0.4) is 0 Å². The van der Waals surface area contributed by atoms with Crippen LogP contribution in [-0.2, 0) is 11.2 Å². The van der Waals surface area contributed by atoms with Crippen molar-refractivity contribution in [2.45, 2.75) is 51.3 Å². The molecule has 4 nitrogen and oxygen atoms in total. The van der Waals surface area contributed by atoms with Gasteiger partial charge in [-0.05, 0) is 62.4 Å². The molecule has 0 atom stereocenters. The second-order valence-corrected chi connectivity index (χ2v) is 10.1. The van der Waals surface area contributed by atoms with Crippen LogP contribution < -0.4 is 4.74 Å². The number of hydrogen-bond acceptors (Lipinski definition) is 4. The maximum absolute atomic E-state index is 12.8. The zero-order chi connectivity index (χ0) is 25.3. The summed E-state index contributed by atoms with van der Waals surface area (Å²) in [7, 11) is 0. The Morgan fingerprint density at radius 3 is 2.35 bits per heavy atom. The fraction of sp³-hybridized carbons (Fsp3) is 0.333. The number of thiophene rings is 1. The number of ether oxygens (including phenoxy) is 1. The van der Waals surface area contributed by atoms with Crippen LogP contribution in [0.5, 0.6) is 5.75 Å². The van der Waals surface area contributed by atoms with Gasteiger partial charge in [0.25, 0.3) is 0 Å². The maximum Gasteiger partial charge on any atom is 0.412 e. The van der Waals surface area contributed by atoms with Gasteiger partial charge in [0.05, 0.1) is 9.90 Å². The first kappa shape index (κ1) is 26.3. The number of alkyl halides is 3. The second kappa shape index (κ2) is 10.1. The Balaban J connectivity index is 1.66. The highest BCUT2D eigenvalue weighted by Crippen LogP contribution is 2.39. The zero-order valence-electron chi connectivity index (χ0n) is 18.3. The molecule has 34 heavy (non-hydrogen) atoms. The molecule has 0 aliphatic heterocycles. The van der Waals surface area contributed by atoms with Gasteiger partial charge in [-0.1, -0.05) is 41.4 Å². The summed E-state index contributed by atoms with van der Waals surface area (Å²) in [6, 6.07) is 6.56. The highest BCUT2D eigenvalue weighted by Gasteiger charge is 2.34. The van der Waals surface area contributed by atoms with Gasteiger partial charge in [-0.15, -0.1) is 11.3 Å². The quantitative estimate of drug-likeness (QED) is 0.352. The largest absolute Gasteiger partial charge is 0.478 e. The lowest BCUT2D eigenvalue weighted by Crippen LogP contribution is -2.38. The normalized spacial score (nSPS) is 14.4. The van der Waals surface area contributed by atoms with Gasteiger partial charge in [0.2, 0.25) is 0 Å². The molecule has 0 amide bonds. The van der Waals surface area contributed by atoms with E-state index in [0.29, 0.717) is 16.9 Å². The minimum atomic E-state index is -4.32. The van der Waals surface area contributed by atoms with E-state index in [-0.39, 0.29) is 40.8 Å². The fourth-order valence-corrected chi connectivity index (χ4v) is 4.77. The Hall–Kier alpha value is -2.29. The summed E-state index contributed by atoms with van der Waals surface area (Å²) >= 11 is 13.8. The lowest BCUT2D eigenvalue weighted by Gasteiger charge is -2.23. The third kappa shape index (κ3) is 6.03. The molecule has 2 aromatic rings. The van der Waals surface area contributed by atoms with Crippen molar-refractivity contribution in [1.29, 1.82) is 0 Å². The van der Waals surface area contributed by atoms with Gasteiger partial charge in [0.1, 0.15) is 10.8 Å². The average Bonchev–Trinajstić information content (AvgIpc) is 3.26. The molecule has 1 aromatic carbocycles. The second-order valence-electron chi connectivity index (χ2n) is 8.24. The highest BCUT2D eigenvalue weighted by molar-refractivity contribution is 7.15. The molecular weight excluding hydrogens is 512 g/mol. The number of aryl methyl sites for hydroxylation is 1. The Morgan fingerprint density at radius 1 is 1.06 bits per heavy atom. The number of carboxylic acids is 1. The molecule has 3 rings (SSSR count). The number of halogens is 5. The van der Waals surface area contributed by atoms with Crippen molar-refractivity contribution in [3.8, 4) is 5.75 Å². The summed E-state index contributed by atoms with van der Waals surface area (Å²) in [4.78, 5) is 25.2. The molecule has 0 radical (unpaired) electrons. The number of aliphatic carboxylic acids is 1. The van der Waals surface area contributed by atoms with E-state index in [0.717, 1.165) is 16.5 Å². The minimum absolute atomic E-state index is 0.0647. The summed E-state index contributed by atoms with van der Waals surface area (Å²) in [6.45, 7) is 2.77. The van der Waals surface area contributed by atoms with Gasteiger partial charge in [-0.2, -0.15) is 13.2 Å². The standard InChI is InChI=1S/C24H21Cl2F3O4S/c1-23(2,22(31)32)33-17-10-6-14(20(25)21(17)26)5-9-16(30)19-12-11-18(34-19)13-3-7-15(8-4-13)24(27,28)29/h3,6-7,10-12H,4-5,8-9H2,1-2H3,(H,31,32). The molecule has 0 saturated heterocycles. The summed E-state index contributed by atoms with van der Waals surface area (Å²) < 4.78 is 43.9. The van der Waals surface area contributed by atoms with Crippen molar-refractivity contribution in [2.24, 2.45) is 0 Å². The van der Waals surface area contributed by atoms with Crippen LogP contribution in [0, 0.1) is 0 Å². The predicted molar refractivity (Wildman–Crippen MR) is 127 cm³/mol. The number of carbonyl (C=O) groups is 2. The van der Waals surface area contributed by atoms with E-state index < -0.39 is 23.3 Å². The minimum Gasteiger partial charge on any atom is -0.478 e. The summed E-state index contributed by atoms with van der Waals surface area (Å²) in [5.74, 6) is -1.16. The third-order valence-corrected chi connectivity index (χ3v) is 7.44. The molecule has 1 heterocycles. The Bertz CT molecular complexity index is 1180. The van der Waals surface area contributed by atoms with E-state index >= 15 is 0 Å². The number of Topliss-reactive ketones (excluding diaryl/α,β-unsaturated/α-hetero) is 1. The van der Waals surface area contributed by atoms with E-state index in [2.05, 4.69) is 0 Å². The van der Waals surface area contributed by atoms with E-state index in [9.17, 15) is 27.9 Å². The monoisotopic (exact) mass is 532 g/mol. The molecule has 0 saturated carbocycles. The Labute approximate surface area is 208 Å². The molecule has 0 unspecified atom stereocenters. The Morgan fingerprint density at radius 2 is 1.76 bits per heavy atom. The molecule has 1 N–H and O–H groups in total. The molecule has 0 bridgehead atoms. The summed E-state index contributed by atoms with van der Waals surface area (Å²) in [5.41, 5.74) is -0.675. The van der Waals surface area contributed by atoms with Crippen molar-refractivity contribution >= 4 is 51.9 Å². The van der Waals surface area contributed by atoms with Crippen LogP contribution in [0.25, 0.3) is 5.57 Å². The van der Waals surface area contributed by atoms with Crippen molar-refractivity contribution in [3.63, 3.8) is 0 Å². The number of ketones is 1. The molecular formula is C24H21Cl2F3O4S. The van der Waals surface area contributed by atoms with Crippen LogP contribution in [0.1, 0.15) is 53.2 Å². The molecule has 182 valence electrons. The van der Waals surface area contributed by atoms with Crippen LogP contribution in [0.4, 0.5) is 13.2 Å². The molecule has 1 aromatic heterocycles. The lowest BCUT2D eigenvalue weighted by molar-refractivity contribution is -0.152. The van der Waals surface area contributed by atoms with E-state index in [1.807, 2.05) is 0 Å². The molecule has 0 fully saturated rings. The van der Waals surface area contributed by atoms with Gasteiger partial charge >= 0.3 is 12.1 Å². The first-order chi connectivity index (χ1) is 15.8. The topological polar surface area (TPSA) is 63.6 Å². The smallest absolute Gasteiger partial charge is 0.412 e. The van der Waals surface area contributed by atoms with E-state index in [1.165, 1.54) is 37.3 Å². The van der Waals surface area contributed by atoms with Gasteiger partial charge in [-0.25, -0.2) is 4.79 Å². The maximum atomic E-state index is 12.8. The lowest BCUT2D eigenvalue weighted by atomic mass is 9.97. The zero-order valence-corrected chi connectivity index (χ0v) is 20.6. The number of carbonyl (C=O) groups excluding carboxylic acids is 1. The van der Waals surface area contributed by atoms with Gasteiger partial charge in [0.15, 0.2) is 11.4 Å². The SMILES string of the molecule is CC(C)(Oc1ccc(CCC(=O)c2ccc(C3=CC=C(C(F)(F)F)CC3)s2)c(Cl)c1Cl)C(=O)O. The van der Waals surface area contributed by atoms with E-state index in [4.69, 9.17) is 27.9 Å². The van der Waals surface area contributed by atoms with Gasteiger partial charge < -0.3 is 9.84 Å². The van der Waals surface area contributed by atoms with Crippen molar-refractivity contribution in [3.05, 3.63) is 67.4 Å². The third-order valence-electron chi connectivity index (χ3n) is 5.34. The summed E-state index contributed by atoms with van der Waals surface area (Å²) in [5, 5.41) is 9.46. The van der Waals surface area contributed by atoms with Crippen LogP contribution >= 0.6 is 34.5 Å².